The van der Waals surface area contributed by atoms with Gasteiger partial charge in [0.05, 0.1) is 12.2 Å². The molecule has 0 fully saturated rings. The summed E-state index contributed by atoms with van der Waals surface area (Å²) in [4.78, 5) is 0. The molecule has 2 aromatic rings. The Kier molecular flexibility index (Phi) is 4.38. The lowest BCUT2D eigenvalue weighted by molar-refractivity contribution is 0.632. The fourth-order valence-electron chi connectivity index (χ4n) is 1.82. The quantitative estimate of drug-likeness (QED) is 0.786. The molecule has 0 spiro atoms. The molecule has 7 heteroatoms. The average Bonchev–Trinajstić information content (AvgIpc) is 2.95. The van der Waals surface area contributed by atoms with E-state index in [1.807, 2.05) is 34.2 Å². The van der Waals surface area contributed by atoms with Crippen LogP contribution >= 0.6 is 11.8 Å². The Morgan fingerprint density at radius 1 is 1.44 bits per heavy atom. The van der Waals surface area contributed by atoms with Crippen LogP contribution in [0.5, 0.6) is 0 Å². The van der Waals surface area contributed by atoms with Crippen LogP contribution in [0.4, 0.5) is 0 Å². The molecule has 18 heavy (non-hydrogen) atoms. The molecule has 2 rings (SSSR count). The van der Waals surface area contributed by atoms with E-state index in [1.165, 1.54) is 0 Å². The lowest BCUT2D eigenvalue weighted by Crippen LogP contribution is -2.08. The highest BCUT2D eigenvalue weighted by Crippen LogP contribution is 2.21. The second kappa shape index (κ2) is 6.01. The van der Waals surface area contributed by atoms with Crippen LogP contribution in [0, 0.1) is 0 Å². The molecule has 0 saturated carbocycles. The van der Waals surface area contributed by atoms with E-state index < -0.39 is 0 Å². The fourth-order valence-corrected chi connectivity index (χ4v) is 2.42. The zero-order valence-corrected chi connectivity index (χ0v) is 11.5. The number of nitrogens with zero attached hydrogens (tertiary/aromatic N) is 5. The van der Waals surface area contributed by atoms with Gasteiger partial charge in [0.15, 0.2) is 0 Å². The predicted molar refractivity (Wildman–Crippen MR) is 73.1 cm³/mol. The Labute approximate surface area is 111 Å². The second-order valence-corrected chi connectivity index (χ2v) is 5.24. The summed E-state index contributed by atoms with van der Waals surface area (Å²) in [6, 6.07) is 1.96. The summed E-state index contributed by atoms with van der Waals surface area (Å²) < 4.78 is 3.74. The Hall–Kier alpha value is -1.34. The van der Waals surface area contributed by atoms with Crippen LogP contribution in [0.15, 0.2) is 12.3 Å². The van der Waals surface area contributed by atoms with Crippen molar-refractivity contribution in [2.75, 3.05) is 11.5 Å². The Balaban J connectivity index is 2.31. The minimum Gasteiger partial charge on any atom is -0.325 e. The highest BCUT2D eigenvalue weighted by Gasteiger charge is 2.16. The molecule has 0 radical (unpaired) electrons. The van der Waals surface area contributed by atoms with Gasteiger partial charge in [-0.15, -0.1) is 5.10 Å². The molecule has 0 aliphatic rings. The van der Waals surface area contributed by atoms with Gasteiger partial charge in [-0.25, -0.2) is 4.68 Å². The number of aryl methyl sites for hydroxylation is 2. The molecule has 98 valence electrons. The molecule has 0 saturated heterocycles. The van der Waals surface area contributed by atoms with E-state index in [1.54, 1.807) is 6.20 Å². The summed E-state index contributed by atoms with van der Waals surface area (Å²) in [5, 5.41) is 12.5. The van der Waals surface area contributed by atoms with Crippen LogP contribution in [-0.2, 0) is 20.1 Å². The Morgan fingerprint density at radius 3 is 2.89 bits per heavy atom. The van der Waals surface area contributed by atoms with Gasteiger partial charge >= 0.3 is 0 Å². The summed E-state index contributed by atoms with van der Waals surface area (Å²) in [7, 11) is 1.91. The molecular weight excluding hydrogens is 248 g/mol. The SMILES string of the molecule is CCSCCn1nnc(CN)c1-c1ccnn1C. The van der Waals surface area contributed by atoms with Gasteiger partial charge < -0.3 is 5.73 Å². The fraction of sp³-hybridized carbons (Fsp3) is 0.545. The molecule has 0 aliphatic carbocycles. The zero-order valence-electron chi connectivity index (χ0n) is 10.7. The lowest BCUT2D eigenvalue weighted by Gasteiger charge is -2.07. The van der Waals surface area contributed by atoms with Gasteiger partial charge in [-0.05, 0) is 11.8 Å². The highest BCUT2D eigenvalue weighted by atomic mass is 32.2. The summed E-state index contributed by atoms with van der Waals surface area (Å²) in [5.41, 5.74) is 8.53. The van der Waals surface area contributed by atoms with Crippen molar-refractivity contribution in [3.05, 3.63) is 18.0 Å². The van der Waals surface area contributed by atoms with Crippen molar-refractivity contribution in [1.29, 1.82) is 0 Å². The third-order valence-corrected chi connectivity index (χ3v) is 3.59. The molecule has 0 aliphatic heterocycles. The van der Waals surface area contributed by atoms with Crippen molar-refractivity contribution in [2.24, 2.45) is 12.8 Å². The third-order valence-electron chi connectivity index (χ3n) is 2.71. The minimum atomic E-state index is 0.390. The number of hydrogen-bond acceptors (Lipinski definition) is 5. The zero-order chi connectivity index (χ0) is 13.0. The van der Waals surface area contributed by atoms with E-state index in [9.17, 15) is 0 Å². The molecule has 0 amide bonds. The third kappa shape index (κ3) is 2.56. The van der Waals surface area contributed by atoms with E-state index >= 15 is 0 Å². The first-order valence-electron chi connectivity index (χ1n) is 5.96. The highest BCUT2D eigenvalue weighted by molar-refractivity contribution is 7.99. The minimum absolute atomic E-state index is 0.390. The Morgan fingerprint density at radius 2 is 2.28 bits per heavy atom. The van der Waals surface area contributed by atoms with Crippen molar-refractivity contribution in [3.8, 4) is 11.4 Å². The maximum Gasteiger partial charge on any atom is 0.111 e. The van der Waals surface area contributed by atoms with Crippen LogP contribution in [0.1, 0.15) is 12.6 Å². The first-order valence-corrected chi connectivity index (χ1v) is 7.12. The summed E-state index contributed by atoms with van der Waals surface area (Å²) in [6.07, 6.45) is 1.77. The van der Waals surface area contributed by atoms with Crippen molar-refractivity contribution >= 4 is 11.8 Å². The van der Waals surface area contributed by atoms with Gasteiger partial charge in [0, 0.05) is 25.5 Å². The van der Waals surface area contributed by atoms with Crippen LogP contribution in [0.2, 0.25) is 0 Å². The van der Waals surface area contributed by atoms with Gasteiger partial charge in [-0.2, -0.15) is 16.9 Å². The predicted octanol–water partition coefficient (Wildman–Crippen LogP) is 0.890. The number of nitrogens with two attached hydrogens (primary N) is 1. The smallest absolute Gasteiger partial charge is 0.111 e. The lowest BCUT2D eigenvalue weighted by atomic mass is 10.2. The van der Waals surface area contributed by atoms with Gasteiger partial charge in [0.1, 0.15) is 11.4 Å². The molecule has 2 heterocycles. The number of rotatable bonds is 6. The molecule has 6 nitrogen and oxygen atoms in total. The molecule has 0 aromatic carbocycles. The topological polar surface area (TPSA) is 74.6 Å². The summed E-state index contributed by atoms with van der Waals surface area (Å²) in [6.45, 7) is 3.38. The van der Waals surface area contributed by atoms with E-state index in [4.69, 9.17) is 5.73 Å². The van der Waals surface area contributed by atoms with E-state index in [0.29, 0.717) is 6.54 Å². The second-order valence-electron chi connectivity index (χ2n) is 3.85. The van der Waals surface area contributed by atoms with E-state index in [0.717, 1.165) is 35.1 Å². The van der Waals surface area contributed by atoms with Gasteiger partial charge in [-0.3, -0.25) is 4.68 Å². The summed E-state index contributed by atoms with van der Waals surface area (Å²) in [5.74, 6) is 2.13. The first-order chi connectivity index (χ1) is 8.77. The van der Waals surface area contributed by atoms with E-state index in [2.05, 4.69) is 22.3 Å². The van der Waals surface area contributed by atoms with E-state index in [-0.39, 0.29) is 0 Å². The van der Waals surface area contributed by atoms with Crippen molar-refractivity contribution in [3.63, 3.8) is 0 Å². The number of aromatic nitrogens is 5. The summed E-state index contributed by atoms with van der Waals surface area (Å²) >= 11 is 1.89. The maximum atomic E-state index is 5.72. The van der Waals surface area contributed by atoms with Gasteiger partial charge in [0.2, 0.25) is 0 Å². The van der Waals surface area contributed by atoms with Crippen LogP contribution in [0.25, 0.3) is 11.4 Å². The monoisotopic (exact) mass is 266 g/mol. The largest absolute Gasteiger partial charge is 0.325 e. The number of hydrogen-bond donors (Lipinski definition) is 1. The van der Waals surface area contributed by atoms with Crippen LogP contribution in [-0.4, -0.2) is 36.3 Å². The molecular formula is C11H18N6S. The molecule has 2 aromatic heterocycles. The van der Waals surface area contributed by atoms with Gasteiger partial charge in [-0.1, -0.05) is 12.1 Å². The van der Waals surface area contributed by atoms with Crippen LogP contribution in [0.3, 0.4) is 0 Å². The molecule has 0 bridgehead atoms. The van der Waals surface area contributed by atoms with Crippen LogP contribution < -0.4 is 5.73 Å². The normalized spacial score (nSPS) is 11.1. The van der Waals surface area contributed by atoms with Gasteiger partial charge in [0.25, 0.3) is 0 Å². The molecule has 0 atom stereocenters. The molecule has 0 unspecified atom stereocenters. The standard InChI is InChI=1S/C11H18N6S/c1-3-18-7-6-17-11(9(8-12)14-15-17)10-4-5-13-16(10)2/h4-5H,3,6-8,12H2,1-2H3. The Bertz CT molecular complexity index is 503. The molecule has 2 N–H and O–H groups in total. The number of thioether (sulfide) groups is 1. The van der Waals surface area contributed by atoms with Crippen molar-refractivity contribution in [2.45, 2.75) is 20.0 Å². The first kappa shape index (κ1) is 13.1. The van der Waals surface area contributed by atoms with Crippen molar-refractivity contribution < 1.29 is 0 Å². The maximum absolute atomic E-state index is 5.72. The van der Waals surface area contributed by atoms with Crippen molar-refractivity contribution in [1.82, 2.24) is 24.8 Å². The average molecular weight is 266 g/mol.